The molecular weight excluding hydrogens is 887 g/mol. The fraction of sp³-hybridized carbons (Fsp3) is 0. The Balaban J connectivity index is 0.816. The topological polar surface area (TPSA) is 56.5 Å². The molecule has 15 aromatic rings. The number of nitrogens with zero attached hydrogens (tertiary/aromatic N) is 5. The fourth-order valence-electron chi connectivity index (χ4n) is 11.4. The van der Waals surface area contributed by atoms with Crippen molar-refractivity contribution in [1.29, 1.82) is 0 Å². The molecule has 0 atom stereocenters. The van der Waals surface area contributed by atoms with Crippen LogP contribution < -0.4 is 0 Å². The number of benzene rings is 12. The van der Waals surface area contributed by atoms with Gasteiger partial charge in [-0.25, -0.2) is 9.97 Å². The molecule has 0 saturated heterocycles. The van der Waals surface area contributed by atoms with E-state index in [9.17, 15) is 0 Å². The Kier molecular flexibility index (Phi) is 9.19. The predicted molar refractivity (Wildman–Crippen MR) is 304 cm³/mol. The van der Waals surface area contributed by atoms with Crippen molar-refractivity contribution in [2.45, 2.75) is 0 Å². The van der Waals surface area contributed by atoms with E-state index in [0.29, 0.717) is 0 Å². The van der Waals surface area contributed by atoms with Crippen LogP contribution in [0.1, 0.15) is 0 Å². The zero-order valence-corrected chi connectivity index (χ0v) is 39.4. The summed E-state index contributed by atoms with van der Waals surface area (Å²) >= 11 is 0. The van der Waals surface area contributed by atoms with Crippen LogP contribution in [0.5, 0.6) is 0 Å². The minimum absolute atomic E-state index is 0.847. The molecule has 3 heterocycles. The summed E-state index contributed by atoms with van der Waals surface area (Å²) in [6.07, 6.45) is 3.85. The van der Waals surface area contributed by atoms with Gasteiger partial charge in [-0.3, -0.25) is 9.97 Å². The molecule has 0 unspecified atom stereocenters. The molecule has 0 aliphatic heterocycles. The number of aromatic nitrogens is 5. The van der Waals surface area contributed by atoms with Crippen LogP contribution in [0.4, 0.5) is 0 Å². The van der Waals surface area contributed by atoms with Gasteiger partial charge in [-0.1, -0.05) is 182 Å². The molecule has 0 aliphatic rings. The Hall–Kier alpha value is -9.84. The molecule has 0 bridgehead atoms. The minimum Gasteiger partial charge on any atom is -0.309 e. The molecule has 12 aromatic carbocycles. The van der Waals surface area contributed by atoms with Crippen LogP contribution in [0.25, 0.3) is 149 Å². The molecule has 0 fully saturated rings. The van der Waals surface area contributed by atoms with Crippen molar-refractivity contribution in [1.82, 2.24) is 24.5 Å². The summed E-state index contributed by atoms with van der Waals surface area (Å²) in [5.74, 6) is 0. The quantitative estimate of drug-likeness (QED) is 0.156. The average Bonchev–Trinajstić information content (AvgIpc) is 3.80. The van der Waals surface area contributed by atoms with Gasteiger partial charge in [0.25, 0.3) is 0 Å². The van der Waals surface area contributed by atoms with Crippen molar-refractivity contribution in [2.24, 2.45) is 0 Å². The van der Waals surface area contributed by atoms with Crippen LogP contribution in [0, 0.1) is 0 Å². The second-order valence-corrected chi connectivity index (χ2v) is 19.0. The third-order valence-electron chi connectivity index (χ3n) is 14.8. The van der Waals surface area contributed by atoms with Gasteiger partial charge in [0.05, 0.1) is 56.9 Å². The van der Waals surface area contributed by atoms with E-state index in [4.69, 9.17) is 19.9 Å². The number of hydrogen-bond acceptors (Lipinski definition) is 4. The Morgan fingerprint density at radius 2 is 0.562 bits per heavy atom. The van der Waals surface area contributed by atoms with Gasteiger partial charge < -0.3 is 4.57 Å². The summed E-state index contributed by atoms with van der Waals surface area (Å²) in [4.78, 5) is 20.8. The van der Waals surface area contributed by atoms with Gasteiger partial charge >= 0.3 is 0 Å². The minimum atomic E-state index is 0.847. The standard InChI is InChI=1S/C68H41N5/c1-2-21-50(22-3-1)73-63-33-31-46(43-16-12-15-42(35-43)44-17-13-19-48(36-44)61-40-69-65-55-27-8-4-23-51(55)53-25-6-10-29-57(53)67(65)71-61)38-59(63)60-39-47(32-34-64(60)73)45-18-14-20-49(37-45)62-41-70-66-56-28-9-5-24-52(56)54-26-7-11-30-58(54)68(66)72-62/h1-41H. The van der Waals surface area contributed by atoms with Crippen LogP contribution in [0.2, 0.25) is 0 Å². The number of rotatable bonds is 6. The summed E-state index contributed by atoms with van der Waals surface area (Å²) in [5.41, 5.74) is 17.7. The van der Waals surface area contributed by atoms with Gasteiger partial charge in [0, 0.05) is 49.1 Å². The SMILES string of the molecule is c1ccc(-n2c3ccc(-c4cccc(-c5cccc(-c6cnc7c8ccccc8c8ccccc8c7n6)c5)c4)cc3c3cc(-c4cccc(-c5cnc6c7ccccc7c7ccccc7c6n5)c4)ccc32)cc1. The molecule has 0 spiro atoms. The lowest BCUT2D eigenvalue weighted by Gasteiger charge is -2.11. The molecule has 5 nitrogen and oxygen atoms in total. The molecule has 15 rings (SSSR count). The molecular formula is C68H41N5. The number of fused-ring (bicyclic) bond motifs is 15. The van der Waals surface area contributed by atoms with Gasteiger partial charge in [0.1, 0.15) is 0 Å². The molecule has 0 aliphatic carbocycles. The van der Waals surface area contributed by atoms with E-state index in [0.717, 1.165) is 116 Å². The maximum absolute atomic E-state index is 5.32. The highest BCUT2D eigenvalue weighted by Gasteiger charge is 2.18. The van der Waals surface area contributed by atoms with Crippen molar-refractivity contribution in [3.05, 3.63) is 249 Å². The maximum atomic E-state index is 5.32. The molecule has 0 amide bonds. The van der Waals surface area contributed by atoms with Gasteiger partial charge in [0.15, 0.2) is 0 Å². The Morgan fingerprint density at radius 1 is 0.233 bits per heavy atom. The van der Waals surface area contributed by atoms with Gasteiger partial charge in [-0.05, 0) is 110 Å². The lowest BCUT2D eigenvalue weighted by molar-refractivity contribution is 1.18. The maximum Gasteiger partial charge on any atom is 0.0979 e. The Labute approximate surface area is 420 Å². The zero-order chi connectivity index (χ0) is 48.0. The first-order valence-electron chi connectivity index (χ1n) is 24.8. The summed E-state index contributed by atoms with van der Waals surface area (Å²) in [5, 5.41) is 11.6. The first kappa shape index (κ1) is 41.0. The third kappa shape index (κ3) is 6.63. The molecule has 0 saturated carbocycles. The van der Waals surface area contributed by atoms with Crippen LogP contribution in [-0.2, 0) is 0 Å². The highest BCUT2D eigenvalue weighted by Crippen LogP contribution is 2.40. The monoisotopic (exact) mass is 927 g/mol. The van der Waals surface area contributed by atoms with Gasteiger partial charge in [-0.15, -0.1) is 0 Å². The Morgan fingerprint density at radius 3 is 0.973 bits per heavy atom. The van der Waals surface area contributed by atoms with Gasteiger partial charge in [0.2, 0.25) is 0 Å². The van der Waals surface area contributed by atoms with Crippen molar-refractivity contribution in [3.63, 3.8) is 0 Å². The Bertz CT molecular complexity index is 4680. The second kappa shape index (κ2) is 16.4. The summed E-state index contributed by atoms with van der Waals surface area (Å²) in [7, 11) is 0. The van der Waals surface area contributed by atoms with E-state index in [1.54, 1.807) is 0 Å². The van der Waals surface area contributed by atoms with E-state index >= 15 is 0 Å². The van der Waals surface area contributed by atoms with E-state index in [-0.39, 0.29) is 0 Å². The highest BCUT2D eigenvalue weighted by atomic mass is 15.0. The first-order chi connectivity index (χ1) is 36.2. The summed E-state index contributed by atoms with van der Waals surface area (Å²) in [6, 6.07) is 84.8. The van der Waals surface area contributed by atoms with Crippen molar-refractivity contribution in [2.75, 3.05) is 0 Å². The van der Waals surface area contributed by atoms with Crippen LogP contribution in [0.15, 0.2) is 249 Å². The van der Waals surface area contributed by atoms with Crippen molar-refractivity contribution < 1.29 is 0 Å². The summed E-state index contributed by atoms with van der Waals surface area (Å²) < 4.78 is 2.39. The molecule has 73 heavy (non-hydrogen) atoms. The largest absolute Gasteiger partial charge is 0.309 e. The second-order valence-electron chi connectivity index (χ2n) is 19.0. The zero-order valence-electron chi connectivity index (χ0n) is 39.4. The smallest absolute Gasteiger partial charge is 0.0979 e. The highest BCUT2D eigenvalue weighted by molar-refractivity contribution is 6.24. The van der Waals surface area contributed by atoms with E-state index < -0.39 is 0 Å². The number of para-hydroxylation sites is 1. The summed E-state index contributed by atoms with van der Waals surface area (Å²) in [6.45, 7) is 0. The molecule has 0 N–H and O–H groups in total. The number of hydrogen-bond donors (Lipinski definition) is 0. The molecule has 5 heteroatoms. The average molecular weight is 928 g/mol. The van der Waals surface area contributed by atoms with Crippen LogP contribution >= 0.6 is 0 Å². The molecule has 0 radical (unpaired) electrons. The lowest BCUT2D eigenvalue weighted by Crippen LogP contribution is -1.93. The van der Waals surface area contributed by atoms with E-state index in [1.165, 1.54) is 32.3 Å². The van der Waals surface area contributed by atoms with E-state index in [1.807, 2.05) is 12.4 Å². The van der Waals surface area contributed by atoms with Crippen molar-refractivity contribution in [3.8, 4) is 61.6 Å². The first-order valence-corrected chi connectivity index (χ1v) is 24.8. The van der Waals surface area contributed by atoms with Crippen molar-refractivity contribution >= 4 is 87.0 Å². The molecule has 3 aromatic heterocycles. The fourth-order valence-corrected chi connectivity index (χ4v) is 11.4. The van der Waals surface area contributed by atoms with Gasteiger partial charge in [-0.2, -0.15) is 0 Å². The molecule has 338 valence electrons. The van der Waals surface area contributed by atoms with Crippen LogP contribution in [-0.4, -0.2) is 24.5 Å². The van der Waals surface area contributed by atoms with Crippen LogP contribution in [0.3, 0.4) is 0 Å². The lowest BCUT2D eigenvalue weighted by atomic mass is 9.96. The predicted octanol–water partition coefficient (Wildman–Crippen LogP) is 17.6. The normalized spacial score (nSPS) is 11.8. The van der Waals surface area contributed by atoms with E-state index in [2.05, 4.69) is 241 Å². The third-order valence-corrected chi connectivity index (χ3v) is 14.8.